The molecule has 5 heteroatoms. The van der Waals surface area contributed by atoms with Crippen molar-refractivity contribution >= 4 is 50.1 Å². The van der Waals surface area contributed by atoms with Crippen LogP contribution in [-0.2, 0) is 6.42 Å². The molecule has 0 heterocycles. The van der Waals surface area contributed by atoms with Crippen molar-refractivity contribution in [3.05, 3.63) is 66.4 Å². The summed E-state index contributed by atoms with van der Waals surface area (Å²) < 4.78 is 15.5. The van der Waals surface area contributed by atoms with E-state index >= 15 is 0 Å². The highest BCUT2D eigenvalue weighted by atomic mass is 127. The van der Waals surface area contributed by atoms with Gasteiger partial charge in [-0.15, -0.1) is 0 Å². The number of halogens is 4. The minimum absolute atomic E-state index is 0.143. The van der Waals surface area contributed by atoms with Crippen molar-refractivity contribution in [3.8, 4) is 0 Å². The number of aliphatic hydroxyl groups excluding tert-OH is 1. The Hall–Kier alpha value is -0.170. The molecule has 2 rings (SSSR count). The third kappa shape index (κ3) is 3.68. The fourth-order valence-corrected chi connectivity index (χ4v) is 3.07. The van der Waals surface area contributed by atoms with Crippen molar-refractivity contribution < 1.29 is 9.50 Å². The lowest BCUT2D eigenvalue weighted by atomic mass is 10.0. The van der Waals surface area contributed by atoms with E-state index in [1.165, 1.54) is 6.07 Å². The van der Waals surface area contributed by atoms with Crippen LogP contribution < -0.4 is 0 Å². The summed E-state index contributed by atoms with van der Waals surface area (Å²) in [5.74, 6) is -0.395. The highest BCUT2D eigenvalue weighted by Gasteiger charge is 2.16. The van der Waals surface area contributed by atoms with Gasteiger partial charge in [-0.3, -0.25) is 0 Å². The molecule has 0 bridgehead atoms. The van der Waals surface area contributed by atoms with Crippen LogP contribution in [0.3, 0.4) is 0 Å². The molecular formula is C14H10BrClFIO. The van der Waals surface area contributed by atoms with Gasteiger partial charge in [-0.05, 0) is 58.5 Å². The molecule has 0 radical (unpaired) electrons. The van der Waals surface area contributed by atoms with Gasteiger partial charge in [0.25, 0.3) is 0 Å². The number of hydrogen-bond donors (Lipinski definition) is 1. The minimum atomic E-state index is -0.807. The van der Waals surface area contributed by atoms with E-state index in [1.54, 1.807) is 12.1 Å². The molecule has 0 fully saturated rings. The zero-order chi connectivity index (χ0) is 14.0. The molecule has 1 nitrogen and oxygen atoms in total. The summed E-state index contributed by atoms with van der Waals surface area (Å²) in [4.78, 5) is 0. The molecule has 0 amide bonds. The molecular weight excluding hydrogens is 445 g/mol. The predicted molar refractivity (Wildman–Crippen MR) is 86.9 cm³/mol. The molecule has 0 aliphatic rings. The van der Waals surface area contributed by atoms with Gasteiger partial charge in [0, 0.05) is 25.0 Å². The zero-order valence-electron chi connectivity index (χ0n) is 9.71. The molecule has 100 valence electrons. The van der Waals surface area contributed by atoms with E-state index in [0.717, 1.165) is 13.6 Å². The van der Waals surface area contributed by atoms with Crippen molar-refractivity contribution in [1.29, 1.82) is 0 Å². The molecule has 0 aliphatic heterocycles. The Morgan fingerprint density at radius 1 is 1.32 bits per heavy atom. The maximum atomic E-state index is 13.7. The van der Waals surface area contributed by atoms with E-state index in [9.17, 15) is 9.50 Å². The van der Waals surface area contributed by atoms with Gasteiger partial charge in [-0.25, -0.2) is 4.39 Å². The maximum absolute atomic E-state index is 13.7. The van der Waals surface area contributed by atoms with Crippen LogP contribution in [0.4, 0.5) is 4.39 Å². The largest absolute Gasteiger partial charge is 0.388 e. The zero-order valence-corrected chi connectivity index (χ0v) is 14.2. The normalized spacial score (nSPS) is 12.5. The van der Waals surface area contributed by atoms with Gasteiger partial charge in [-0.1, -0.05) is 33.6 Å². The summed E-state index contributed by atoms with van der Waals surface area (Å²) in [5.41, 5.74) is 1.06. The van der Waals surface area contributed by atoms with Crippen molar-refractivity contribution in [1.82, 2.24) is 0 Å². The monoisotopic (exact) mass is 454 g/mol. The third-order valence-corrected chi connectivity index (χ3v) is 4.52. The summed E-state index contributed by atoms with van der Waals surface area (Å²) in [6.07, 6.45) is -0.664. The average Bonchev–Trinajstić information content (AvgIpc) is 2.37. The Kier molecular flexibility index (Phi) is 5.22. The van der Waals surface area contributed by atoms with Gasteiger partial charge >= 0.3 is 0 Å². The van der Waals surface area contributed by atoms with Crippen LogP contribution >= 0.6 is 50.1 Å². The molecule has 19 heavy (non-hydrogen) atoms. The topological polar surface area (TPSA) is 20.2 Å². The fourth-order valence-electron chi connectivity index (χ4n) is 1.80. The molecule has 1 atom stereocenters. The first-order valence-electron chi connectivity index (χ1n) is 5.55. The number of benzene rings is 2. The number of hydrogen-bond acceptors (Lipinski definition) is 1. The van der Waals surface area contributed by atoms with Gasteiger partial charge in [0.05, 0.1) is 6.10 Å². The van der Waals surface area contributed by atoms with Crippen molar-refractivity contribution in [2.45, 2.75) is 12.5 Å². The highest BCUT2D eigenvalue weighted by Crippen LogP contribution is 2.30. The second-order valence-corrected chi connectivity index (χ2v) is 6.59. The Morgan fingerprint density at radius 3 is 2.74 bits per heavy atom. The molecule has 0 spiro atoms. The van der Waals surface area contributed by atoms with E-state index in [4.69, 9.17) is 11.6 Å². The Balaban J connectivity index is 2.31. The second kappa shape index (κ2) is 6.52. The van der Waals surface area contributed by atoms with Crippen LogP contribution in [-0.4, -0.2) is 5.11 Å². The summed E-state index contributed by atoms with van der Waals surface area (Å²) >= 11 is 11.5. The van der Waals surface area contributed by atoms with Crippen molar-refractivity contribution in [2.75, 3.05) is 0 Å². The first-order chi connectivity index (χ1) is 8.99. The Bertz CT molecular complexity index is 586. The Labute approximate surface area is 138 Å². The summed E-state index contributed by atoms with van der Waals surface area (Å²) in [5, 5.41) is 10.6. The van der Waals surface area contributed by atoms with Gasteiger partial charge in [0.2, 0.25) is 0 Å². The highest BCUT2D eigenvalue weighted by molar-refractivity contribution is 14.1. The van der Waals surface area contributed by atoms with Crippen LogP contribution in [0.25, 0.3) is 0 Å². The maximum Gasteiger partial charge on any atom is 0.127 e. The van der Waals surface area contributed by atoms with Gasteiger partial charge < -0.3 is 5.11 Å². The standard InChI is InChI=1S/C14H10BrClFIO/c15-11-5-4-8(18)6-9(11)14(19)7-10-12(16)2-1-3-13(10)17/h1-6,14,19H,7H2. The van der Waals surface area contributed by atoms with E-state index < -0.39 is 11.9 Å². The molecule has 2 aromatic rings. The van der Waals surface area contributed by atoms with Crippen LogP contribution in [0.1, 0.15) is 17.2 Å². The molecule has 0 aliphatic carbocycles. The molecule has 0 saturated carbocycles. The van der Waals surface area contributed by atoms with Crippen LogP contribution in [0, 0.1) is 9.39 Å². The summed E-state index contributed by atoms with van der Waals surface area (Å²) in [6, 6.07) is 10.2. The fraction of sp³-hybridized carbons (Fsp3) is 0.143. The van der Waals surface area contributed by atoms with E-state index in [1.807, 2.05) is 18.2 Å². The molecule has 0 saturated heterocycles. The van der Waals surface area contributed by atoms with Gasteiger partial charge in [-0.2, -0.15) is 0 Å². The van der Waals surface area contributed by atoms with E-state index in [0.29, 0.717) is 10.6 Å². The quantitative estimate of drug-likeness (QED) is 0.637. The Morgan fingerprint density at radius 2 is 2.05 bits per heavy atom. The van der Waals surface area contributed by atoms with Crippen LogP contribution in [0.5, 0.6) is 0 Å². The van der Waals surface area contributed by atoms with Crippen molar-refractivity contribution in [3.63, 3.8) is 0 Å². The van der Waals surface area contributed by atoms with Crippen molar-refractivity contribution in [2.24, 2.45) is 0 Å². The van der Waals surface area contributed by atoms with Gasteiger partial charge in [0.1, 0.15) is 5.82 Å². The predicted octanol–water partition coefficient (Wildman–Crippen LogP) is 5.12. The minimum Gasteiger partial charge on any atom is -0.388 e. The van der Waals surface area contributed by atoms with Crippen LogP contribution in [0.2, 0.25) is 5.02 Å². The average molecular weight is 455 g/mol. The smallest absolute Gasteiger partial charge is 0.127 e. The number of aliphatic hydroxyl groups is 1. The molecule has 2 aromatic carbocycles. The molecule has 0 aromatic heterocycles. The lowest BCUT2D eigenvalue weighted by Crippen LogP contribution is -2.05. The number of rotatable bonds is 3. The SMILES string of the molecule is OC(Cc1c(F)cccc1Cl)c1cc(I)ccc1Br. The first-order valence-corrected chi connectivity index (χ1v) is 7.80. The third-order valence-electron chi connectivity index (χ3n) is 2.78. The molecule has 1 unspecified atom stereocenters. The summed E-state index contributed by atoms with van der Waals surface area (Å²) in [6.45, 7) is 0. The summed E-state index contributed by atoms with van der Waals surface area (Å²) in [7, 11) is 0. The first kappa shape index (κ1) is 15.2. The van der Waals surface area contributed by atoms with Gasteiger partial charge in [0.15, 0.2) is 0 Å². The van der Waals surface area contributed by atoms with Crippen LogP contribution in [0.15, 0.2) is 40.9 Å². The van der Waals surface area contributed by atoms with E-state index in [2.05, 4.69) is 38.5 Å². The lowest BCUT2D eigenvalue weighted by molar-refractivity contribution is 0.176. The second-order valence-electron chi connectivity index (χ2n) is 4.09. The lowest BCUT2D eigenvalue weighted by Gasteiger charge is -2.15. The van der Waals surface area contributed by atoms with E-state index in [-0.39, 0.29) is 6.42 Å². The molecule has 1 N–H and O–H groups in total.